The van der Waals surface area contributed by atoms with E-state index < -0.39 is 0 Å². The molecule has 0 atom stereocenters. The van der Waals surface area contributed by atoms with E-state index >= 15 is 0 Å². The van der Waals surface area contributed by atoms with E-state index in [1.54, 1.807) is 43.0 Å². The van der Waals surface area contributed by atoms with E-state index in [-0.39, 0.29) is 5.88 Å². The van der Waals surface area contributed by atoms with Crippen LogP contribution in [0.1, 0.15) is 25.0 Å². The lowest BCUT2D eigenvalue weighted by atomic mass is 10.1. The van der Waals surface area contributed by atoms with Gasteiger partial charge in [-0.1, -0.05) is 12.1 Å². The van der Waals surface area contributed by atoms with Crippen LogP contribution >= 0.6 is 0 Å². The largest absolute Gasteiger partial charge is 0.464 e. The van der Waals surface area contributed by atoms with Gasteiger partial charge in [0, 0.05) is 25.0 Å². The third-order valence-electron chi connectivity index (χ3n) is 4.87. The molecular weight excluding hydrogens is 378 g/mol. The fourth-order valence-electron chi connectivity index (χ4n) is 3.34. The van der Waals surface area contributed by atoms with E-state index in [1.807, 2.05) is 12.1 Å². The quantitative estimate of drug-likeness (QED) is 0.342. The molecule has 4 aromatic rings. The summed E-state index contributed by atoms with van der Waals surface area (Å²) in [5.41, 5.74) is 2.90. The third-order valence-corrected chi connectivity index (χ3v) is 4.87. The van der Waals surface area contributed by atoms with Crippen molar-refractivity contribution < 1.29 is 13.3 Å². The van der Waals surface area contributed by atoms with Crippen molar-refractivity contribution >= 4 is 17.8 Å². The molecule has 0 amide bonds. The molecule has 0 N–H and O–H groups in total. The maximum atomic E-state index is 9.80. The number of nitriles is 1. The monoisotopic (exact) mass is 399 g/mol. The predicted octanol–water partition coefficient (Wildman–Crippen LogP) is 6.27. The normalized spacial score (nSPS) is 11.1. The van der Waals surface area contributed by atoms with Gasteiger partial charge in [-0.25, -0.2) is 4.99 Å². The van der Waals surface area contributed by atoms with E-state index in [0.717, 1.165) is 24.3 Å². The van der Waals surface area contributed by atoms with Crippen LogP contribution in [0.3, 0.4) is 0 Å². The highest BCUT2D eigenvalue weighted by Gasteiger charge is 2.25. The smallest absolute Gasteiger partial charge is 0.238 e. The van der Waals surface area contributed by atoms with Gasteiger partial charge in [0.2, 0.25) is 5.88 Å². The van der Waals surface area contributed by atoms with Crippen LogP contribution in [0.25, 0.3) is 22.8 Å². The minimum atomic E-state index is 0.211. The molecule has 4 rings (SSSR count). The van der Waals surface area contributed by atoms with E-state index in [9.17, 15) is 5.26 Å². The summed E-state index contributed by atoms with van der Waals surface area (Å²) in [4.78, 5) is 6.72. The van der Waals surface area contributed by atoms with Crippen LogP contribution in [0.15, 0.2) is 79.3 Å². The molecule has 0 radical (unpaired) electrons. The van der Waals surface area contributed by atoms with Gasteiger partial charge in [-0.15, -0.1) is 0 Å². The molecule has 0 unspecified atom stereocenters. The highest BCUT2D eigenvalue weighted by atomic mass is 16.4. The summed E-state index contributed by atoms with van der Waals surface area (Å²) in [6, 6.07) is 17.4. The number of hydrogen-bond donors (Lipinski definition) is 0. The molecule has 0 aliphatic carbocycles. The van der Waals surface area contributed by atoms with Gasteiger partial charge in [0.15, 0.2) is 11.5 Å². The zero-order valence-corrected chi connectivity index (χ0v) is 16.8. The third kappa shape index (κ3) is 3.65. The molecule has 150 valence electrons. The summed E-state index contributed by atoms with van der Waals surface area (Å²) in [5, 5.41) is 9.80. The van der Waals surface area contributed by atoms with Crippen molar-refractivity contribution in [3.05, 3.63) is 72.2 Å². The van der Waals surface area contributed by atoms with Crippen molar-refractivity contribution in [1.82, 2.24) is 0 Å². The number of anilines is 1. The fourth-order valence-corrected chi connectivity index (χ4v) is 3.34. The maximum Gasteiger partial charge on any atom is 0.238 e. The zero-order chi connectivity index (χ0) is 20.9. The SMILES string of the molecule is CCN(CC)c1ccc(C=Nc2oc(-c3ccco3)c(-c3ccco3)c2C#N)cc1. The Kier molecular flexibility index (Phi) is 5.53. The average Bonchev–Trinajstić information content (AvgIpc) is 3.54. The van der Waals surface area contributed by atoms with Crippen LogP contribution < -0.4 is 4.90 Å². The van der Waals surface area contributed by atoms with Crippen LogP contribution in [-0.4, -0.2) is 19.3 Å². The molecule has 0 saturated heterocycles. The van der Waals surface area contributed by atoms with Crippen LogP contribution in [0, 0.1) is 11.3 Å². The van der Waals surface area contributed by atoms with Gasteiger partial charge in [-0.2, -0.15) is 5.26 Å². The topological polar surface area (TPSA) is 78.8 Å². The Morgan fingerprint density at radius 2 is 1.63 bits per heavy atom. The summed E-state index contributed by atoms with van der Waals surface area (Å²) in [6.45, 7) is 6.17. The van der Waals surface area contributed by atoms with Gasteiger partial charge < -0.3 is 18.2 Å². The Morgan fingerprint density at radius 3 is 2.20 bits per heavy atom. The lowest BCUT2D eigenvalue weighted by Gasteiger charge is -2.20. The predicted molar refractivity (Wildman–Crippen MR) is 116 cm³/mol. The highest BCUT2D eigenvalue weighted by Crippen LogP contribution is 2.42. The van der Waals surface area contributed by atoms with Gasteiger partial charge >= 0.3 is 0 Å². The van der Waals surface area contributed by atoms with Crippen molar-refractivity contribution in [2.45, 2.75) is 13.8 Å². The van der Waals surface area contributed by atoms with Gasteiger partial charge in [0.1, 0.15) is 17.4 Å². The number of nitrogens with zero attached hydrogens (tertiary/aromatic N) is 3. The minimum Gasteiger partial charge on any atom is -0.464 e. The second-order valence-electron chi connectivity index (χ2n) is 6.57. The Bertz CT molecular complexity index is 1160. The van der Waals surface area contributed by atoms with Crippen molar-refractivity contribution in [3.63, 3.8) is 0 Å². The Labute approximate surface area is 174 Å². The molecule has 3 heterocycles. The molecule has 6 nitrogen and oxygen atoms in total. The standard InChI is InChI=1S/C24H21N3O3/c1-3-27(4-2)18-11-9-17(10-12-18)16-26-24-19(15-25)22(20-7-5-13-28-20)23(30-24)21-8-6-14-29-21/h5-14,16H,3-4H2,1-2H3. The second kappa shape index (κ2) is 8.58. The van der Waals surface area contributed by atoms with Gasteiger partial charge in [-0.3, -0.25) is 0 Å². The van der Waals surface area contributed by atoms with Crippen LogP contribution in [0.2, 0.25) is 0 Å². The molecule has 3 aromatic heterocycles. The lowest BCUT2D eigenvalue weighted by Crippen LogP contribution is -2.21. The number of rotatable bonds is 7. The lowest BCUT2D eigenvalue weighted by molar-refractivity contribution is 0.527. The number of furan rings is 3. The van der Waals surface area contributed by atoms with E-state index in [2.05, 4.69) is 41.9 Å². The Morgan fingerprint density at radius 1 is 0.967 bits per heavy atom. The molecule has 0 aliphatic rings. The van der Waals surface area contributed by atoms with Gasteiger partial charge in [-0.05, 0) is 55.8 Å². The molecule has 0 bridgehead atoms. The highest BCUT2D eigenvalue weighted by molar-refractivity contribution is 5.87. The molecule has 30 heavy (non-hydrogen) atoms. The summed E-state index contributed by atoms with van der Waals surface area (Å²) in [6.07, 6.45) is 4.79. The Hall–Kier alpha value is -3.98. The van der Waals surface area contributed by atoms with Crippen molar-refractivity contribution in [2.24, 2.45) is 4.99 Å². The maximum absolute atomic E-state index is 9.80. The van der Waals surface area contributed by atoms with Gasteiger partial charge in [0.05, 0.1) is 18.1 Å². The molecule has 1 aromatic carbocycles. The molecule has 6 heteroatoms. The number of hydrogen-bond acceptors (Lipinski definition) is 6. The first kappa shape index (κ1) is 19.3. The number of aliphatic imine (C=N–C) groups is 1. The molecule has 0 fully saturated rings. The summed E-state index contributed by atoms with van der Waals surface area (Å²) in [7, 11) is 0. The Balaban J connectivity index is 1.71. The van der Waals surface area contributed by atoms with E-state index in [1.165, 1.54) is 0 Å². The molecular formula is C24H21N3O3. The zero-order valence-electron chi connectivity index (χ0n) is 16.8. The summed E-state index contributed by atoms with van der Waals surface area (Å²) < 4.78 is 17.0. The van der Waals surface area contributed by atoms with Crippen molar-refractivity contribution in [1.29, 1.82) is 5.26 Å². The van der Waals surface area contributed by atoms with Crippen LogP contribution in [0.4, 0.5) is 11.6 Å². The fraction of sp³-hybridized carbons (Fsp3) is 0.167. The van der Waals surface area contributed by atoms with Crippen molar-refractivity contribution in [2.75, 3.05) is 18.0 Å². The van der Waals surface area contributed by atoms with Gasteiger partial charge in [0.25, 0.3) is 0 Å². The minimum absolute atomic E-state index is 0.211. The number of benzene rings is 1. The first-order valence-corrected chi connectivity index (χ1v) is 9.78. The molecule has 0 spiro atoms. The summed E-state index contributed by atoms with van der Waals surface area (Å²) in [5.74, 6) is 1.65. The first-order chi connectivity index (χ1) is 14.7. The summed E-state index contributed by atoms with van der Waals surface area (Å²) >= 11 is 0. The second-order valence-corrected chi connectivity index (χ2v) is 6.57. The van der Waals surface area contributed by atoms with E-state index in [4.69, 9.17) is 13.3 Å². The average molecular weight is 399 g/mol. The van der Waals surface area contributed by atoms with Crippen molar-refractivity contribution in [3.8, 4) is 28.9 Å². The molecule has 0 aliphatic heterocycles. The molecule has 0 saturated carbocycles. The first-order valence-electron chi connectivity index (χ1n) is 9.78. The van der Waals surface area contributed by atoms with Crippen LogP contribution in [-0.2, 0) is 0 Å². The van der Waals surface area contributed by atoms with E-state index in [0.29, 0.717) is 28.4 Å². The van der Waals surface area contributed by atoms with Crippen LogP contribution in [0.5, 0.6) is 0 Å².